The molecule has 0 aromatic carbocycles. The van der Waals surface area contributed by atoms with Gasteiger partial charge in [0.15, 0.2) is 0 Å². The van der Waals surface area contributed by atoms with Crippen LogP contribution in [0.25, 0.3) is 0 Å². The zero-order valence-corrected chi connectivity index (χ0v) is 14.1. The van der Waals surface area contributed by atoms with E-state index in [1.807, 2.05) is 0 Å². The Morgan fingerprint density at radius 3 is 2.65 bits per heavy atom. The fourth-order valence-electron chi connectivity index (χ4n) is 4.77. The summed E-state index contributed by atoms with van der Waals surface area (Å²) in [7, 11) is 2.13. The summed E-state index contributed by atoms with van der Waals surface area (Å²) in [5, 5.41) is 12.6. The number of hydrogen-bond acceptors (Lipinski definition) is 3. The molecule has 23 heavy (non-hydrogen) atoms. The van der Waals surface area contributed by atoms with E-state index in [2.05, 4.69) is 17.3 Å². The number of amides is 2. The summed E-state index contributed by atoms with van der Waals surface area (Å²) in [6.45, 7) is 2.46. The second-order valence-electron chi connectivity index (χ2n) is 7.58. The number of rotatable bonds is 5. The first-order chi connectivity index (χ1) is 11.0. The van der Waals surface area contributed by atoms with Gasteiger partial charge in [-0.05, 0) is 38.6 Å². The Morgan fingerprint density at radius 2 is 2.00 bits per heavy atom. The van der Waals surface area contributed by atoms with Crippen molar-refractivity contribution in [1.82, 2.24) is 15.1 Å². The molecule has 1 aliphatic heterocycles. The van der Waals surface area contributed by atoms with Gasteiger partial charge in [0.05, 0.1) is 5.41 Å². The molecule has 6 nitrogen and oxygen atoms in total. The zero-order chi connectivity index (χ0) is 16.4. The molecule has 2 N–H and O–H groups in total. The van der Waals surface area contributed by atoms with E-state index in [9.17, 15) is 14.7 Å². The van der Waals surface area contributed by atoms with E-state index in [-0.39, 0.29) is 11.9 Å². The van der Waals surface area contributed by atoms with Crippen LogP contribution in [0.3, 0.4) is 0 Å². The van der Waals surface area contributed by atoms with Crippen LogP contribution >= 0.6 is 0 Å². The first-order valence-corrected chi connectivity index (χ1v) is 8.99. The van der Waals surface area contributed by atoms with Gasteiger partial charge in [0.2, 0.25) is 0 Å². The summed E-state index contributed by atoms with van der Waals surface area (Å²) in [6.07, 6.45) is 7.76. The Bertz CT molecular complexity index is 464. The van der Waals surface area contributed by atoms with Gasteiger partial charge in [0, 0.05) is 32.2 Å². The summed E-state index contributed by atoms with van der Waals surface area (Å²) in [4.78, 5) is 28.1. The van der Waals surface area contributed by atoms with Gasteiger partial charge in [-0.15, -0.1) is 0 Å². The predicted molar refractivity (Wildman–Crippen MR) is 87.3 cm³/mol. The summed E-state index contributed by atoms with van der Waals surface area (Å²) in [5.41, 5.74) is -0.683. The van der Waals surface area contributed by atoms with Crippen molar-refractivity contribution in [2.24, 2.45) is 11.3 Å². The Balaban J connectivity index is 1.45. The average molecular weight is 323 g/mol. The summed E-state index contributed by atoms with van der Waals surface area (Å²) < 4.78 is 0. The monoisotopic (exact) mass is 323 g/mol. The number of carboxylic acid groups (broad SMARTS) is 1. The lowest BCUT2D eigenvalue weighted by Crippen LogP contribution is -2.44. The van der Waals surface area contributed by atoms with Crippen molar-refractivity contribution in [3.05, 3.63) is 0 Å². The predicted octanol–water partition coefficient (Wildman–Crippen LogP) is 1.76. The van der Waals surface area contributed by atoms with Gasteiger partial charge in [-0.1, -0.05) is 19.3 Å². The molecule has 6 heteroatoms. The minimum absolute atomic E-state index is 0.0974. The summed E-state index contributed by atoms with van der Waals surface area (Å²) >= 11 is 0. The van der Waals surface area contributed by atoms with Crippen LogP contribution in [-0.4, -0.2) is 66.2 Å². The minimum Gasteiger partial charge on any atom is -0.481 e. The zero-order valence-electron chi connectivity index (χ0n) is 14.1. The third-order valence-electron chi connectivity index (χ3n) is 6.27. The molecular formula is C17H29N3O3. The highest BCUT2D eigenvalue weighted by Gasteiger charge is 2.55. The topological polar surface area (TPSA) is 72.9 Å². The van der Waals surface area contributed by atoms with Gasteiger partial charge in [0.1, 0.15) is 0 Å². The number of carbonyl (C=O) groups is 2. The second-order valence-corrected chi connectivity index (χ2v) is 7.58. The Hall–Kier alpha value is -1.30. The number of nitrogens with zero attached hydrogens (tertiary/aromatic N) is 2. The van der Waals surface area contributed by atoms with E-state index < -0.39 is 11.4 Å². The Labute approximate surface area is 138 Å². The molecule has 3 aliphatic rings. The van der Waals surface area contributed by atoms with E-state index >= 15 is 0 Å². The van der Waals surface area contributed by atoms with Crippen LogP contribution in [0.5, 0.6) is 0 Å². The second kappa shape index (κ2) is 6.67. The molecule has 1 heterocycles. The van der Waals surface area contributed by atoms with Crippen molar-refractivity contribution in [1.29, 1.82) is 0 Å². The van der Waals surface area contributed by atoms with Crippen LogP contribution in [0.15, 0.2) is 0 Å². The number of hydrogen-bond donors (Lipinski definition) is 2. The standard InChI is InChI=1S/C17H29N3O3/c1-19(14-6-2-3-7-14)10-9-18-16(23)20-11-13-5-4-8-17(13,12-20)15(21)22/h13-14H,2-12H2,1H3,(H,18,23)(H,21,22)/t13-,17+/m0/s1. The molecule has 2 amide bonds. The van der Waals surface area contributed by atoms with Crippen LogP contribution in [0, 0.1) is 11.3 Å². The van der Waals surface area contributed by atoms with E-state index in [1.54, 1.807) is 4.90 Å². The van der Waals surface area contributed by atoms with Gasteiger partial charge >= 0.3 is 12.0 Å². The van der Waals surface area contributed by atoms with Crippen molar-refractivity contribution >= 4 is 12.0 Å². The van der Waals surface area contributed by atoms with E-state index in [4.69, 9.17) is 0 Å². The van der Waals surface area contributed by atoms with Gasteiger partial charge in [-0.3, -0.25) is 4.79 Å². The number of nitrogens with one attached hydrogen (secondary N) is 1. The molecule has 3 rings (SSSR count). The molecular weight excluding hydrogens is 294 g/mol. The SMILES string of the molecule is CN(CCNC(=O)N1C[C@@H]2CCC[C@@]2(C(=O)O)C1)C1CCCC1. The van der Waals surface area contributed by atoms with Crippen LogP contribution in [0.2, 0.25) is 0 Å². The molecule has 2 aliphatic carbocycles. The fraction of sp³-hybridized carbons (Fsp3) is 0.882. The maximum Gasteiger partial charge on any atom is 0.317 e. The molecule has 0 radical (unpaired) electrons. The first kappa shape index (κ1) is 16.6. The van der Waals surface area contributed by atoms with Crippen molar-refractivity contribution in [3.8, 4) is 0 Å². The van der Waals surface area contributed by atoms with Crippen LogP contribution in [0.4, 0.5) is 4.79 Å². The molecule has 0 unspecified atom stereocenters. The molecule has 130 valence electrons. The highest BCUT2D eigenvalue weighted by Crippen LogP contribution is 2.48. The number of fused-ring (bicyclic) bond motifs is 1. The normalized spacial score (nSPS) is 30.9. The maximum absolute atomic E-state index is 12.3. The number of carbonyl (C=O) groups excluding carboxylic acids is 1. The maximum atomic E-state index is 12.3. The number of likely N-dealkylation sites (N-methyl/N-ethyl adjacent to an activating group) is 1. The highest BCUT2D eigenvalue weighted by molar-refractivity contribution is 5.80. The van der Waals surface area contributed by atoms with Crippen molar-refractivity contribution in [2.75, 3.05) is 33.2 Å². The van der Waals surface area contributed by atoms with Gasteiger partial charge < -0.3 is 20.2 Å². The van der Waals surface area contributed by atoms with Crippen molar-refractivity contribution in [3.63, 3.8) is 0 Å². The summed E-state index contributed by atoms with van der Waals surface area (Å²) in [5.74, 6) is -0.594. The van der Waals surface area contributed by atoms with E-state index in [0.29, 0.717) is 32.1 Å². The van der Waals surface area contributed by atoms with Crippen LogP contribution < -0.4 is 5.32 Å². The number of likely N-dealkylation sites (tertiary alicyclic amines) is 1. The van der Waals surface area contributed by atoms with Crippen molar-refractivity contribution < 1.29 is 14.7 Å². The Morgan fingerprint density at radius 1 is 1.26 bits per heavy atom. The van der Waals surface area contributed by atoms with Gasteiger partial charge in [-0.25, -0.2) is 4.79 Å². The van der Waals surface area contributed by atoms with Gasteiger partial charge in [0.25, 0.3) is 0 Å². The third kappa shape index (κ3) is 3.18. The van der Waals surface area contributed by atoms with E-state index in [0.717, 1.165) is 19.4 Å². The molecule has 1 saturated heterocycles. The minimum atomic E-state index is -0.726. The summed E-state index contributed by atoms with van der Waals surface area (Å²) in [6, 6.07) is 0.563. The third-order valence-corrected chi connectivity index (χ3v) is 6.27. The van der Waals surface area contributed by atoms with Crippen LogP contribution in [0.1, 0.15) is 44.9 Å². The molecule has 3 fully saturated rings. The Kier molecular flexibility index (Phi) is 4.80. The smallest absolute Gasteiger partial charge is 0.317 e. The lowest BCUT2D eigenvalue weighted by atomic mass is 9.81. The first-order valence-electron chi connectivity index (χ1n) is 8.99. The molecule has 0 aromatic rings. The van der Waals surface area contributed by atoms with Crippen molar-refractivity contribution in [2.45, 2.75) is 51.0 Å². The molecule has 0 bridgehead atoms. The number of aliphatic carboxylic acids is 1. The highest BCUT2D eigenvalue weighted by atomic mass is 16.4. The lowest BCUT2D eigenvalue weighted by molar-refractivity contribution is -0.149. The molecule has 0 spiro atoms. The number of carboxylic acids is 1. The largest absolute Gasteiger partial charge is 0.481 e. The van der Waals surface area contributed by atoms with Gasteiger partial charge in [-0.2, -0.15) is 0 Å². The molecule has 0 aromatic heterocycles. The van der Waals surface area contributed by atoms with E-state index in [1.165, 1.54) is 25.7 Å². The molecule has 2 saturated carbocycles. The average Bonchev–Trinajstić information content (AvgIpc) is 3.22. The number of urea groups is 1. The lowest BCUT2D eigenvalue weighted by Gasteiger charge is -2.25. The molecule has 2 atom stereocenters. The fourth-order valence-corrected chi connectivity index (χ4v) is 4.77. The van der Waals surface area contributed by atoms with Crippen LogP contribution in [-0.2, 0) is 4.79 Å². The quantitative estimate of drug-likeness (QED) is 0.808.